The van der Waals surface area contributed by atoms with Gasteiger partial charge in [-0.15, -0.1) is 0 Å². The molecular weight excluding hydrogens is 284 g/mol. The number of nitro groups is 1. The van der Waals surface area contributed by atoms with Gasteiger partial charge in [0.05, 0.1) is 11.2 Å². The quantitative estimate of drug-likeness (QED) is 0.678. The Morgan fingerprint density at radius 1 is 1.40 bits per heavy atom. The van der Waals surface area contributed by atoms with E-state index in [2.05, 4.69) is 5.32 Å². The summed E-state index contributed by atoms with van der Waals surface area (Å²) in [5.74, 6) is 0.431. The van der Waals surface area contributed by atoms with Gasteiger partial charge < -0.3 is 9.73 Å². The van der Waals surface area contributed by atoms with Crippen LogP contribution >= 0.6 is 11.6 Å². The molecule has 20 heavy (non-hydrogen) atoms. The minimum Gasteiger partial charge on any atom is -0.469 e. The molecule has 1 N–H and O–H groups in total. The standard InChI is InChI=1S/C13H11ClN2O4/c14-11-8-9(3-4-12(11)16(18)19)13(17)15-6-5-10-2-1-7-20-10/h1-4,7-8H,5-6H2,(H,15,17). The zero-order valence-electron chi connectivity index (χ0n) is 10.3. The van der Waals surface area contributed by atoms with Crippen molar-refractivity contribution in [1.29, 1.82) is 0 Å². The predicted octanol–water partition coefficient (Wildman–Crippen LogP) is 2.81. The van der Waals surface area contributed by atoms with Crippen molar-refractivity contribution in [3.63, 3.8) is 0 Å². The molecule has 1 amide bonds. The van der Waals surface area contributed by atoms with E-state index in [1.165, 1.54) is 18.2 Å². The van der Waals surface area contributed by atoms with Crippen molar-refractivity contribution in [2.24, 2.45) is 0 Å². The molecule has 1 aromatic carbocycles. The average Bonchev–Trinajstić information content (AvgIpc) is 2.91. The fraction of sp³-hybridized carbons (Fsp3) is 0.154. The summed E-state index contributed by atoms with van der Waals surface area (Å²) >= 11 is 5.75. The van der Waals surface area contributed by atoms with Crippen LogP contribution in [0.15, 0.2) is 41.0 Å². The summed E-state index contributed by atoms with van der Waals surface area (Å²) in [4.78, 5) is 21.9. The lowest BCUT2D eigenvalue weighted by Crippen LogP contribution is -2.25. The van der Waals surface area contributed by atoms with Gasteiger partial charge in [-0.1, -0.05) is 11.6 Å². The topological polar surface area (TPSA) is 85.4 Å². The first-order chi connectivity index (χ1) is 9.58. The van der Waals surface area contributed by atoms with Crippen LogP contribution < -0.4 is 5.32 Å². The van der Waals surface area contributed by atoms with Crippen LogP contribution in [-0.4, -0.2) is 17.4 Å². The lowest BCUT2D eigenvalue weighted by Gasteiger charge is -2.04. The number of carbonyl (C=O) groups excluding carboxylic acids is 1. The van der Waals surface area contributed by atoms with E-state index < -0.39 is 4.92 Å². The van der Waals surface area contributed by atoms with E-state index in [0.29, 0.717) is 13.0 Å². The van der Waals surface area contributed by atoms with Gasteiger partial charge in [0.2, 0.25) is 0 Å². The van der Waals surface area contributed by atoms with Crippen LogP contribution in [0.3, 0.4) is 0 Å². The zero-order valence-corrected chi connectivity index (χ0v) is 11.1. The minimum atomic E-state index is -0.596. The zero-order chi connectivity index (χ0) is 14.5. The molecule has 0 unspecified atom stereocenters. The van der Waals surface area contributed by atoms with Crippen LogP contribution in [0.25, 0.3) is 0 Å². The molecular formula is C13H11ClN2O4. The Kier molecular flexibility index (Phi) is 4.37. The summed E-state index contributed by atoms with van der Waals surface area (Å²) in [6.45, 7) is 0.404. The number of nitrogens with one attached hydrogen (secondary N) is 1. The van der Waals surface area contributed by atoms with Gasteiger partial charge in [0.1, 0.15) is 10.8 Å². The Labute approximate surface area is 119 Å². The number of rotatable bonds is 5. The predicted molar refractivity (Wildman–Crippen MR) is 72.9 cm³/mol. The molecule has 0 aliphatic rings. The molecule has 0 atom stereocenters. The third kappa shape index (κ3) is 3.36. The van der Waals surface area contributed by atoms with Gasteiger partial charge in [-0.25, -0.2) is 0 Å². The maximum absolute atomic E-state index is 11.8. The van der Waals surface area contributed by atoms with Gasteiger partial charge in [-0.3, -0.25) is 14.9 Å². The second-order valence-electron chi connectivity index (χ2n) is 4.01. The lowest BCUT2D eigenvalue weighted by atomic mass is 10.2. The Morgan fingerprint density at radius 3 is 2.80 bits per heavy atom. The third-order valence-electron chi connectivity index (χ3n) is 2.64. The highest BCUT2D eigenvalue weighted by Gasteiger charge is 2.15. The van der Waals surface area contributed by atoms with E-state index in [9.17, 15) is 14.9 Å². The van der Waals surface area contributed by atoms with Gasteiger partial charge in [0, 0.05) is 24.6 Å². The highest BCUT2D eigenvalue weighted by Crippen LogP contribution is 2.24. The second kappa shape index (κ2) is 6.21. The number of hydrogen-bond acceptors (Lipinski definition) is 4. The Bertz CT molecular complexity index is 625. The monoisotopic (exact) mass is 294 g/mol. The van der Waals surface area contributed by atoms with Crippen LogP contribution in [0.2, 0.25) is 5.02 Å². The summed E-state index contributed by atoms with van der Waals surface area (Å²) in [5.41, 5.74) is 0.0545. The molecule has 7 heteroatoms. The smallest absolute Gasteiger partial charge is 0.287 e. The van der Waals surface area contributed by atoms with Crippen molar-refractivity contribution in [1.82, 2.24) is 5.32 Å². The van der Waals surface area contributed by atoms with Crippen molar-refractivity contribution in [3.05, 3.63) is 63.1 Å². The Morgan fingerprint density at radius 2 is 2.20 bits per heavy atom. The first kappa shape index (κ1) is 14.1. The molecule has 0 fully saturated rings. The summed E-state index contributed by atoms with van der Waals surface area (Å²) in [7, 11) is 0. The summed E-state index contributed by atoms with van der Waals surface area (Å²) < 4.78 is 5.13. The van der Waals surface area contributed by atoms with Gasteiger partial charge >= 0.3 is 0 Å². The van der Waals surface area contributed by atoms with Crippen LogP contribution in [0.1, 0.15) is 16.1 Å². The molecule has 1 aromatic heterocycles. The summed E-state index contributed by atoms with van der Waals surface area (Å²) in [6.07, 6.45) is 2.13. The van der Waals surface area contributed by atoms with E-state index in [1.54, 1.807) is 12.3 Å². The maximum Gasteiger partial charge on any atom is 0.287 e. The average molecular weight is 295 g/mol. The number of nitro benzene ring substituents is 1. The van der Waals surface area contributed by atoms with Gasteiger partial charge in [0.15, 0.2) is 0 Å². The van der Waals surface area contributed by atoms with Crippen molar-refractivity contribution >= 4 is 23.2 Å². The SMILES string of the molecule is O=C(NCCc1ccco1)c1ccc([N+](=O)[O-])c(Cl)c1. The summed E-state index contributed by atoms with van der Waals surface area (Å²) in [5, 5.41) is 13.2. The number of halogens is 1. The van der Waals surface area contributed by atoms with E-state index in [-0.39, 0.29) is 22.2 Å². The molecule has 0 saturated carbocycles. The minimum absolute atomic E-state index is 0.0614. The molecule has 6 nitrogen and oxygen atoms in total. The highest BCUT2D eigenvalue weighted by atomic mass is 35.5. The maximum atomic E-state index is 11.8. The molecule has 0 saturated heterocycles. The molecule has 0 bridgehead atoms. The van der Waals surface area contributed by atoms with Crippen LogP contribution in [-0.2, 0) is 6.42 Å². The van der Waals surface area contributed by atoms with Gasteiger partial charge in [-0.05, 0) is 24.3 Å². The van der Waals surface area contributed by atoms with Crippen LogP contribution in [0.4, 0.5) is 5.69 Å². The number of carbonyl (C=O) groups is 1. The molecule has 0 aliphatic heterocycles. The first-order valence-corrected chi connectivity index (χ1v) is 6.20. The Balaban J connectivity index is 1.95. The molecule has 0 spiro atoms. The number of nitrogens with zero attached hydrogens (tertiary/aromatic N) is 1. The molecule has 2 rings (SSSR count). The van der Waals surface area contributed by atoms with Crippen LogP contribution in [0, 0.1) is 10.1 Å². The van der Waals surface area contributed by atoms with Crippen molar-refractivity contribution in [2.75, 3.05) is 6.54 Å². The summed E-state index contributed by atoms with van der Waals surface area (Å²) in [6, 6.07) is 7.44. The van der Waals surface area contributed by atoms with E-state index in [4.69, 9.17) is 16.0 Å². The van der Waals surface area contributed by atoms with E-state index in [0.717, 1.165) is 5.76 Å². The molecule has 1 heterocycles. The second-order valence-corrected chi connectivity index (χ2v) is 4.42. The molecule has 2 aromatic rings. The number of hydrogen-bond donors (Lipinski definition) is 1. The van der Waals surface area contributed by atoms with Crippen molar-refractivity contribution < 1.29 is 14.1 Å². The van der Waals surface area contributed by atoms with E-state index in [1.807, 2.05) is 6.07 Å². The fourth-order valence-corrected chi connectivity index (χ4v) is 1.90. The Hall–Kier alpha value is -2.34. The normalized spacial score (nSPS) is 10.2. The van der Waals surface area contributed by atoms with Gasteiger partial charge in [-0.2, -0.15) is 0 Å². The third-order valence-corrected chi connectivity index (χ3v) is 2.95. The van der Waals surface area contributed by atoms with Crippen molar-refractivity contribution in [2.45, 2.75) is 6.42 Å². The first-order valence-electron chi connectivity index (χ1n) is 5.82. The number of furan rings is 1. The number of benzene rings is 1. The number of amides is 1. The molecule has 104 valence electrons. The van der Waals surface area contributed by atoms with Gasteiger partial charge in [0.25, 0.3) is 11.6 Å². The van der Waals surface area contributed by atoms with E-state index >= 15 is 0 Å². The van der Waals surface area contributed by atoms with Crippen molar-refractivity contribution in [3.8, 4) is 0 Å². The lowest BCUT2D eigenvalue weighted by molar-refractivity contribution is -0.384. The highest BCUT2D eigenvalue weighted by molar-refractivity contribution is 6.33. The molecule has 0 aliphatic carbocycles. The fourth-order valence-electron chi connectivity index (χ4n) is 1.65. The largest absolute Gasteiger partial charge is 0.469 e. The van der Waals surface area contributed by atoms with Crippen LogP contribution in [0.5, 0.6) is 0 Å². The molecule has 0 radical (unpaired) electrons.